The van der Waals surface area contributed by atoms with Gasteiger partial charge < -0.3 is 20.5 Å². The number of aliphatic hydroxyl groups excluding tert-OH is 1. The van der Waals surface area contributed by atoms with E-state index < -0.39 is 0 Å². The van der Waals surface area contributed by atoms with Gasteiger partial charge in [-0.05, 0) is 37.9 Å². The third-order valence-corrected chi connectivity index (χ3v) is 3.51. The molecular formula is C17H30N2O2. The van der Waals surface area contributed by atoms with Gasteiger partial charge in [0.1, 0.15) is 0 Å². The van der Waals surface area contributed by atoms with E-state index in [9.17, 15) is 0 Å². The average molecular weight is 294 g/mol. The maximum Gasteiger partial charge on any atom is 0.0698 e. The van der Waals surface area contributed by atoms with E-state index in [2.05, 4.69) is 35.2 Å². The fraction of sp³-hybridized carbons (Fsp3) is 0.647. The van der Waals surface area contributed by atoms with E-state index in [1.54, 1.807) is 0 Å². The van der Waals surface area contributed by atoms with E-state index in [-0.39, 0.29) is 6.61 Å². The van der Waals surface area contributed by atoms with Gasteiger partial charge in [0.15, 0.2) is 0 Å². The number of ether oxygens (including phenoxy) is 1. The first kappa shape index (κ1) is 18.1. The summed E-state index contributed by atoms with van der Waals surface area (Å²) in [6, 6.07) is 10.8. The summed E-state index contributed by atoms with van der Waals surface area (Å²) < 4.78 is 4.76. The van der Waals surface area contributed by atoms with Crippen molar-refractivity contribution in [2.75, 3.05) is 46.0 Å². The molecule has 1 aromatic rings. The molecule has 1 fully saturated rings. The third kappa shape index (κ3) is 9.58. The number of aliphatic hydroxyl groups is 1. The van der Waals surface area contributed by atoms with Crippen LogP contribution in [-0.2, 0) is 11.2 Å². The van der Waals surface area contributed by atoms with E-state index in [0.29, 0.717) is 19.8 Å². The van der Waals surface area contributed by atoms with Crippen LogP contribution in [0.15, 0.2) is 30.3 Å². The Morgan fingerprint density at radius 3 is 2.38 bits per heavy atom. The van der Waals surface area contributed by atoms with Crippen LogP contribution in [0, 0.1) is 0 Å². The number of hydrogen-bond donors (Lipinski definition) is 2. The van der Waals surface area contributed by atoms with Crippen LogP contribution >= 0.6 is 0 Å². The highest BCUT2D eigenvalue weighted by atomic mass is 16.5. The second kappa shape index (κ2) is 12.8. The quantitative estimate of drug-likeness (QED) is 0.751. The Hall–Kier alpha value is -0.940. The summed E-state index contributed by atoms with van der Waals surface area (Å²) in [7, 11) is 0. The summed E-state index contributed by atoms with van der Waals surface area (Å²) in [5, 5.41) is 8.13. The molecule has 1 aliphatic heterocycles. The molecule has 1 aliphatic rings. The minimum atomic E-state index is 0.0833. The number of hydrogen-bond acceptors (Lipinski definition) is 4. The third-order valence-electron chi connectivity index (χ3n) is 3.51. The van der Waals surface area contributed by atoms with Crippen LogP contribution in [-0.4, -0.2) is 56.0 Å². The molecule has 1 saturated heterocycles. The first-order valence-corrected chi connectivity index (χ1v) is 8.01. The van der Waals surface area contributed by atoms with Crippen LogP contribution in [0.25, 0.3) is 0 Å². The smallest absolute Gasteiger partial charge is 0.0698 e. The summed E-state index contributed by atoms with van der Waals surface area (Å²) in [5.74, 6) is 0. The highest BCUT2D eigenvalue weighted by Crippen LogP contribution is 2.09. The van der Waals surface area contributed by atoms with E-state index in [0.717, 1.165) is 0 Å². The van der Waals surface area contributed by atoms with Crippen LogP contribution in [0.1, 0.15) is 24.8 Å². The van der Waals surface area contributed by atoms with Crippen molar-refractivity contribution in [3.8, 4) is 0 Å². The van der Waals surface area contributed by atoms with Crippen molar-refractivity contribution in [2.45, 2.75) is 25.7 Å². The van der Waals surface area contributed by atoms with E-state index >= 15 is 0 Å². The largest absolute Gasteiger partial charge is 0.394 e. The predicted octanol–water partition coefficient (Wildman–Crippen LogP) is 1.67. The Labute approximate surface area is 128 Å². The molecule has 120 valence electrons. The van der Waals surface area contributed by atoms with Crippen LogP contribution < -0.4 is 5.73 Å². The molecule has 1 heterocycles. The maximum absolute atomic E-state index is 8.13. The normalized spacial score (nSPS) is 15.3. The summed E-state index contributed by atoms with van der Waals surface area (Å²) in [4.78, 5) is 2.59. The second-order valence-corrected chi connectivity index (χ2v) is 5.26. The van der Waals surface area contributed by atoms with E-state index in [1.807, 2.05) is 0 Å². The van der Waals surface area contributed by atoms with Gasteiger partial charge in [-0.3, -0.25) is 0 Å². The van der Waals surface area contributed by atoms with Gasteiger partial charge in [-0.15, -0.1) is 0 Å². The summed E-state index contributed by atoms with van der Waals surface area (Å²) in [6.45, 7) is 5.42. The monoisotopic (exact) mass is 294 g/mol. The molecule has 21 heavy (non-hydrogen) atoms. The lowest BCUT2D eigenvalue weighted by Crippen LogP contribution is -2.31. The lowest BCUT2D eigenvalue weighted by atomic mass is 10.1. The number of likely N-dealkylation sites (tertiary alicyclic amines) is 1. The molecular weight excluding hydrogens is 264 g/mol. The number of nitrogens with two attached hydrogens (primary N) is 1. The molecule has 3 N–H and O–H groups in total. The predicted molar refractivity (Wildman–Crippen MR) is 87.4 cm³/mol. The molecule has 2 rings (SSSR count). The molecule has 0 aromatic heterocycles. The zero-order valence-electron chi connectivity index (χ0n) is 13.0. The number of rotatable bonds is 7. The van der Waals surface area contributed by atoms with Crippen LogP contribution in [0.2, 0.25) is 0 Å². The maximum atomic E-state index is 8.13. The lowest BCUT2D eigenvalue weighted by molar-refractivity contribution is 0.0976. The minimum Gasteiger partial charge on any atom is -0.394 e. The van der Waals surface area contributed by atoms with Crippen molar-refractivity contribution < 1.29 is 9.84 Å². The molecule has 1 aromatic carbocycles. The molecule has 0 saturated carbocycles. The Morgan fingerprint density at radius 1 is 1.05 bits per heavy atom. The molecule has 4 heteroatoms. The SMILES string of the molecule is NCCOCCO.c1ccc(CCN2CCCCC2)cc1. The fourth-order valence-electron chi connectivity index (χ4n) is 2.36. The van der Waals surface area contributed by atoms with Gasteiger partial charge in [0.2, 0.25) is 0 Å². The van der Waals surface area contributed by atoms with Crippen molar-refractivity contribution in [1.82, 2.24) is 4.90 Å². The molecule has 4 nitrogen and oxygen atoms in total. The first-order chi connectivity index (χ1) is 10.4. The van der Waals surface area contributed by atoms with Crippen molar-refractivity contribution in [2.24, 2.45) is 5.73 Å². The van der Waals surface area contributed by atoms with Gasteiger partial charge in [0, 0.05) is 13.1 Å². The molecule has 0 amide bonds. The molecule has 0 unspecified atom stereocenters. The zero-order chi connectivity index (χ0) is 15.2. The Morgan fingerprint density at radius 2 is 1.76 bits per heavy atom. The molecule has 0 atom stereocenters. The van der Waals surface area contributed by atoms with Gasteiger partial charge in [-0.1, -0.05) is 36.8 Å². The van der Waals surface area contributed by atoms with Crippen molar-refractivity contribution in [3.63, 3.8) is 0 Å². The molecule has 0 spiro atoms. The standard InChI is InChI=1S/C13H19N.C4H11NO2/c1-3-7-13(8-4-1)9-12-14-10-5-2-6-11-14;5-1-3-7-4-2-6/h1,3-4,7-8H,2,5-6,9-12H2;6H,1-5H2. The number of nitrogens with zero attached hydrogens (tertiary/aromatic N) is 1. The first-order valence-electron chi connectivity index (χ1n) is 8.01. The highest BCUT2D eigenvalue weighted by Gasteiger charge is 2.08. The van der Waals surface area contributed by atoms with Crippen LogP contribution in [0.5, 0.6) is 0 Å². The number of benzene rings is 1. The van der Waals surface area contributed by atoms with E-state index in [4.69, 9.17) is 15.6 Å². The second-order valence-electron chi connectivity index (χ2n) is 5.26. The zero-order valence-corrected chi connectivity index (χ0v) is 13.0. The highest BCUT2D eigenvalue weighted by molar-refractivity contribution is 5.14. The molecule has 0 radical (unpaired) electrons. The lowest BCUT2D eigenvalue weighted by Gasteiger charge is -2.26. The summed E-state index contributed by atoms with van der Waals surface area (Å²) in [6.07, 6.45) is 5.44. The summed E-state index contributed by atoms with van der Waals surface area (Å²) in [5.41, 5.74) is 6.53. The Balaban J connectivity index is 0.000000270. The minimum absolute atomic E-state index is 0.0833. The van der Waals surface area contributed by atoms with Gasteiger partial charge >= 0.3 is 0 Å². The Kier molecular flexibility index (Phi) is 11.0. The van der Waals surface area contributed by atoms with Crippen LogP contribution in [0.3, 0.4) is 0 Å². The average Bonchev–Trinajstić information content (AvgIpc) is 2.56. The fourth-order valence-corrected chi connectivity index (χ4v) is 2.36. The summed E-state index contributed by atoms with van der Waals surface area (Å²) >= 11 is 0. The van der Waals surface area contributed by atoms with Gasteiger partial charge in [0.05, 0.1) is 19.8 Å². The Bertz CT molecular complexity index is 323. The molecule has 0 bridgehead atoms. The van der Waals surface area contributed by atoms with Crippen molar-refractivity contribution in [1.29, 1.82) is 0 Å². The molecule has 0 aliphatic carbocycles. The van der Waals surface area contributed by atoms with Gasteiger partial charge in [0.25, 0.3) is 0 Å². The van der Waals surface area contributed by atoms with Gasteiger partial charge in [-0.2, -0.15) is 0 Å². The van der Waals surface area contributed by atoms with E-state index in [1.165, 1.54) is 50.9 Å². The topological polar surface area (TPSA) is 58.7 Å². The van der Waals surface area contributed by atoms with Crippen molar-refractivity contribution in [3.05, 3.63) is 35.9 Å². The number of piperidine rings is 1. The van der Waals surface area contributed by atoms with Gasteiger partial charge in [-0.25, -0.2) is 0 Å². The van der Waals surface area contributed by atoms with Crippen LogP contribution in [0.4, 0.5) is 0 Å². The van der Waals surface area contributed by atoms with Crippen molar-refractivity contribution >= 4 is 0 Å².